The van der Waals surface area contributed by atoms with Crippen LogP contribution in [0.2, 0.25) is 5.02 Å². The first kappa shape index (κ1) is 17.6. The molecule has 2 rings (SSSR count). The molecule has 0 bridgehead atoms. The van der Waals surface area contributed by atoms with Crippen molar-refractivity contribution in [2.24, 2.45) is 0 Å². The third-order valence-electron chi connectivity index (χ3n) is 2.94. The van der Waals surface area contributed by atoms with E-state index in [1.54, 1.807) is 24.3 Å². The number of carbonyl (C=O) groups excluding carboxylic acids is 1. The van der Waals surface area contributed by atoms with E-state index in [0.29, 0.717) is 18.1 Å². The van der Waals surface area contributed by atoms with Gasteiger partial charge < -0.3 is 14.8 Å². The first-order valence-corrected chi connectivity index (χ1v) is 7.47. The van der Waals surface area contributed by atoms with Crippen LogP contribution in [-0.2, 0) is 4.79 Å². The summed E-state index contributed by atoms with van der Waals surface area (Å²) < 4.78 is 10.7. The van der Waals surface area contributed by atoms with Crippen molar-refractivity contribution in [2.75, 3.05) is 18.5 Å². The Hall–Kier alpha value is -2.80. The van der Waals surface area contributed by atoms with Gasteiger partial charge in [-0.05, 0) is 37.3 Å². The summed E-state index contributed by atoms with van der Waals surface area (Å²) in [6.45, 7) is 2.23. The van der Waals surface area contributed by atoms with Gasteiger partial charge in [-0.3, -0.25) is 14.9 Å². The molecular weight excluding hydrogens is 336 g/mol. The summed E-state index contributed by atoms with van der Waals surface area (Å²) in [5, 5.41) is 13.3. The van der Waals surface area contributed by atoms with Crippen LogP contribution in [0.25, 0.3) is 0 Å². The topological polar surface area (TPSA) is 90.7 Å². The molecule has 0 atom stereocenters. The highest BCUT2D eigenvalue weighted by Gasteiger charge is 2.12. The Balaban J connectivity index is 1.90. The maximum absolute atomic E-state index is 11.9. The average molecular weight is 351 g/mol. The quantitative estimate of drug-likeness (QED) is 0.607. The minimum absolute atomic E-state index is 0.0821. The van der Waals surface area contributed by atoms with Crippen LogP contribution >= 0.6 is 11.6 Å². The molecule has 126 valence electrons. The van der Waals surface area contributed by atoms with Crippen molar-refractivity contribution < 1.29 is 19.2 Å². The number of non-ortho nitro benzene ring substituents is 1. The number of carbonyl (C=O) groups is 1. The molecule has 0 spiro atoms. The monoisotopic (exact) mass is 350 g/mol. The second kappa shape index (κ2) is 8.16. The summed E-state index contributed by atoms with van der Waals surface area (Å²) in [7, 11) is 0. The van der Waals surface area contributed by atoms with Crippen LogP contribution in [0.15, 0.2) is 42.5 Å². The molecule has 0 aliphatic rings. The number of anilines is 1. The molecule has 1 N–H and O–H groups in total. The number of nitro benzene ring substituents is 1. The normalized spacial score (nSPS) is 10.1. The molecular formula is C16H15ClN2O5. The molecule has 1 amide bonds. The van der Waals surface area contributed by atoms with Gasteiger partial charge in [0.2, 0.25) is 0 Å². The van der Waals surface area contributed by atoms with Gasteiger partial charge in [-0.2, -0.15) is 0 Å². The molecule has 0 aromatic heterocycles. The van der Waals surface area contributed by atoms with Crippen molar-refractivity contribution in [1.29, 1.82) is 0 Å². The van der Waals surface area contributed by atoms with E-state index in [1.165, 1.54) is 18.2 Å². The van der Waals surface area contributed by atoms with Gasteiger partial charge in [-0.25, -0.2) is 0 Å². The van der Waals surface area contributed by atoms with Gasteiger partial charge in [0.25, 0.3) is 11.6 Å². The Morgan fingerprint density at radius 1 is 1.17 bits per heavy atom. The van der Waals surface area contributed by atoms with Gasteiger partial charge in [0.05, 0.1) is 22.2 Å². The van der Waals surface area contributed by atoms with E-state index >= 15 is 0 Å². The molecule has 0 heterocycles. The predicted octanol–water partition coefficient (Wildman–Crippen LogP) is 3.66. The van der Waals surface area contributed by atoms with Crippen molar-refractivity contribution in [2.45, 2.75) is 6.92 Å². The SMILES string of the molecule is CCOc1ccc(OCC(=O)Nc2ccc([N+](=O)[O-])cc2Cl)cc1. The lowest BCUT2D eigenvalue weighted by Crippen LogP contribution is -2.20. The fourth-order valence-electron chi connectivity index (χ4n) is 1.85. The molecule has 2 aromatic carbocycles. The lowest BCUT2D eigenvalue weighted by Gasteiger charge is -2.09. The summed E-state index contributed by atoms with van der Waals surface area (Å²) >= 11 is 5.91. The van der Waals surface area contributed by atoms with Gasteiger partial charge in [-0.15, -0.1) is 0 Å². The number of hydrogen-bond donors (Lipinski definition) is 1. The number of ether oxygens (including phenoxy) is 2. The second-order valence-electron chi connectivity index (χ2n) is 4.66. The van der Waals surface area contributed by atoms with Gasteiger partial charge in [0, 0.05) is 12.1 Å². The fourth-order valence-corrected chi connectivity index (χ4v) is 2.07. The molecule has 8 heteroatoms. The molecule has 0 unspecified atom stereocenters. The number of nitrogens with one attached hydrogen (secondary N) is 1. The number of hydrogen-bond acceptors (Lipinski definition) is 5. The molecule has 24 heavy (non-hydrogen) atoms. The minimum atomic E-state index is -0.563. The fraction of sp³-hybridized carbons (Fsp3) is 0.188. The molecule has 2 aromatic rings. The van der Waals surface area contributed by atoms with Gasteiger partial charge in [0.15, 0.2) is 6.61 Å². The second-order valence-corrected chi connectivity index (χ2v) is 5.07. The Kier molecular flexibility index (Phi) is 5.97. The van der Waals surface area contributed by atoms with Crippen LogP contribution in [0.4, 0.5) is 11.4 Å². The maximum atomic E-state index is 11.9. The number of nitrogens with zero attached hydrogens (tertiary/aromatic N) is 1. The number of amides is 1. The lowest BCUT2D eigenvalue weighted by molar-refractivity contribution is -0.384. The highest BCUT2D eigenvalue weighted by atomic mass is 35.5. The highest BCUT2D eigenvalue weighted by Crippen LogP contribution is 2.26. The number of rotatable bonds is 7. The summed E-state index contributed by atoms with van der Waals surface area (Å²) in [5.41, 5.74) is 0.131. The first-order valence-electron chi connectivity index (χ1n) is 7.09. The summed E-state index contributed by atoms with van der Waals surface area (Å²) in [4.78, 5) is 22.0. The highest BCUT2D eigenvalue weighted by molar-refractivity contribution is 6.34. The number of halogens is 1. The molecule has 7 nitrogen and oxygen atoms in total. The van der Waals surface area contributed by atoms with Crippen molar-refractivity contribution in [3.8, 4) is 11.5 Å². The van der Waals surface area contributed by atoms with Crippen LogP contribution in [-0.4, -0.2) is 24.0 Å². The van der Waals surface area contributed by atoms with Crippen LogP contribution in [0, 0.1) is 10.1 Å². The van der Waals surface area contributed by atoms with Crippen molar-refractivity contribution in [1.82, 2.24) is 0 Å². The van der Waals surface area contributed by atoms with Gasteiger partial charge >= 0.3 is 0 Å². The van der Waals surface area contributed by atoms with E-state index in [1.807, 2.05) is 6.92 Å². The zero-order valence-electron chi connectivity index (χ0n) is 12.8. The number of nitro groups is 1. The van der Waals surface area contributed by atoms with E-state index < -0.39 is 10.8 Å². The molecule has 0 saturated heterocycles. The first-order chi connectivity index (χ1) is 11.5. The van der Waals surface area contributed by atoms with E-state index in [2.05, 4.69) is 5.32 Å². The third kappa shape index (κ3) is 4.85. The van der Waals surface area contributed by atoms with E-state index in [0.717, 1.165) is 0 Å². The molecule has 0 aliphatic carbocycles. The van der Waals surface area contributed by atoms with Crippen molar-refractivity contribution >= 4 is 28.9 Å². The maximum Gasteiger partial charge on any atom is 0.271 e. The van der Waals surface area contributed by atoms with Crippen LogP contribution in [0.3, 0.4) is 0 Å². The summed E-state index contributed by atoms with van der Waals surface area (Å²) in [6, 6.07) is 10.7. The van der Waals surface area contributed by atoms with Crippen molar-refractivity contribution in [3.63, 3.8) is 0 Å². The Labute approximate surface area is 143 Å². The molecule has 0 radical (unpaired) electrons. The Morgan fingerprint density at radius 3 is 2.33 bits per heavy atom. The summed E-state index contributed by atoms with van der Waals surface area (Å²) in [5.74, 6) is 0.801. The molecule has 0 aliphatic heterocycles. The lowest BCUT2D eigenvalue weighted by atomic mass is 10.3. The largest absolute Gasteiger partial charge is 0.494 e. The van der Waals surface area contributed by atoms with E-state index in [-0.39, 0.29) is 23.0 Å². The zero-order chi connectivity index (χ0) is 17.5. The van der Waals surface area contributed by atoms with E-state index in [4.69, 9.17) is 21.1 Å². The zero-order valence-corrected chi connectivity index (χ0v) is 13.6. The van der Waals surface area contributed by atoms with Crippen LogP contribution in [0.1, 0.15) is 6.92 Å². The minimum Gasteiger partial charge on any atom is -0.494 e. The van der Waals surface area contributed by atoms with E-state index in [9.17, 15) is 14.9 Å². The van der Waals surface area contributed by atoms with Crippen molar-refractivity contribution in [3.05, 3.63) is 57.6 Å². The third-order valence-corrected chi connectivity index (χ3v) is 3.25. The summed E-state index contributed by atoms with van der Waals surface area (Å²) in [6.07, 6.45) is 0. The average Bonchev–Trinajstić information content (AvgIpc) is 2.56. The standard InChI is InChI=1S/C16H15ClN2O5/c1-2-23-12-4-6-13(7-5-12)24-10-16(20)18-15-8-3-11(19(21)22)9-14(15)17/h3-9H,2,10H2,1H3,(H,18,20). The van der Waals surface area contributed by atoms with Gasteiger partial charge in [-0.1, -0.05) is 11.6 Å². The molecule has 0 saturated carbocycles. The van der Waals surface area contributed by atoms with Crippen LogP contribution in [0.5, 0.6) is 11.5 Å². The number of benzene rings is 2. The Morgan fingerprint density at radius 2 is 1.79 bits per heavy atom. The molecule has 0 fully saturated rings. The van der Waals surface area contributed by atoms with Gasteiger partial charge in [0.1, 0.15) is 11.5 Å². The smallest absolute Gasteiger partial charge is 0.271 e. The predicted molar refractivity (Wildman–Crippen MR) is 89.8 cm³/mol. The Bertz CT molecular complexity index is 734. The van der Waals surface area contributed by atoms with Crippen LogP contribution < -0.4 is 14.8 Å².